The number of ether oxygens (including phenoxy) is 2. The second-order valence-corrected chi connectivity index (χ2v) is 6.86. The van der Waals surface area contributed by atoms with Crippen molar-refractivity contribution in [3.63, 3.8) is 0 Å². The van der Waals surface area contributed by atoms with Gasteiger partial charge < -0.3 is 14.8 Å². The maximum absolute atomic E-state index is 12.4. The molecule has 0 aromatic carbocycles. The molecule has 1 fully saturated rings. The average Bonchev–Trinajstić information content (AvgIpc) is 3.05. The third-order valence-electron chi connectivity index (χ3n) is 3.57. The molecule has 1 N–H and O–H groups in total. The summed E-state index contributed by atoms with van der Waals surface area (Å²) >= 11 is 1.42. The first-order valence-corrected chi connectivity index (χ1v) is 8.51. The smallest absolute Gasteiger partial charge is 0.341 e. The first kappa shape index (κ1) is 17.0. The largest absolute Gasteiger partial charge is 0.459 e. The van der Waals surface area contributed by atoms with E-state index in [0.29, 0.717) is 17.2 Å². The fourth-order valence-electron chi connectivity index (χ4n) is 2.56. The molecule has 1 aromatic rings. The van der Waals surface area contributed by atoms with Gasteiger partial charge in [0.25, 0.3) is 5.91 Å². The molecule has 1 atom stereocenters. The normalized spacial score (nSPS) is 17.8. The Morgan fingerprint density at radius 1 is 1.45 bits per heavy atom. The van der Waals surface area contributed by atoms with Gasteiger partial charge in [-0.15, -0.1) is 11.3 Å². The van der Waals surface area contributed by atoms with Crippen molar-refractivity contribution in [3.05, 3.63) is 16.0 Å². The highest BCUT2D eigenvalue weighted by Gasteiger charge is 2.28. The summed E-state index contributed by atoms with van der Waals surface area (Å²) < 4.78 is 10.7. The van der Waals surface area contributed by atoms with Gasteiger partial charge in [-0.3, -0.25) is 4.79 Å². The Morgan fingerprint density at radius 2 is 2.18 bits per heavy atom. The number of carbonyl (C=O) groups is 2. The molecule has 1 amide bonds. The number of rotatable bonds is 5. The van der Waals surface area contributed by atoms with Crippen LogP contribution in [0, 0.1) is 6.92 Å². The summed E-state index contributed by atoms with van der Waals surface area (Å²) in [5.74, 6) is -0.557. The number of hydrogen-bond donors (Lipinski definition) is 1. The number of hydrogen-bond acceptors (Lipinski definition) is 5. The lowest BCUT2D eigenvalue weighted by atomic mass is 10.1. The molecule has 1 unspecified atom stereocenters. The molecule has 1 aliphatic heterocycles. The molecule has 2 rings (SSSR count). The maximum Gasteiger partial charge on any atom is 0.341 e. The monoisotopic (exact) mass is 325 g/mol. The molecular weight excluding hydrogens is 302 g/mol. The van der Waals surface area contributed by atoms with Crippen molar-refractivity contribution < 1.29 is 19.1 Å². The van der Waals surface area contributed by atoms with Crippen LogP contribution >= 0.6 is 11.3 Å². The van der Waals surface area contributed by atoms with Gasteiger partial charge in [0.15, 0.2) is 0 Å². The standard InChI is InChI=1S/C16H23NO4S/c1-5-11-10(4)22-15(13(11)16(19)21-9(2)3)17-14(18)12-7-6-8-20-12/h9,12H,5-8H2,1-4H3,(H,17,18). The Kier molecular flexibility index (Phi) is 5.58. The minimum absolute atomic E-state index is 0.181. The van der Waals surface area contributed by atoms with Crippen molar-refractivity contribution >= 4 is 28.2 Å². The predicted octanol–water partition coefficient (Wildman–Crippen LogP) is 3.30. The zero-order valence-corrected chi connectivity index (χ0v) is 14.3. The zero-order chi connectivity index (χ0) is 16.3. The Labute approximate surface area is 135 Å². The second kappa shape index (κ2) is 7.24. The first-order valence-electron chi connectivity index (χ1n) is 7.69. The summed E-state index contributed by atoms with van der Waals surface area (Å²) in [6.07, 6.45) is 1.73. The van der Waals surface area contributed by atoms with Crippen LogP contribution < -0.4 is 5.32 Å². The molecular formula is C16H23NO4S. The molecule has 0 radical (unpaired) electrons. The fourth-order valence-corrected chi connectivity index (χ4v) is 3.69. The van der Waals surface area contributed by atoms with Gasteiger partial charge in [-0.2, -0.15) is 0 Å². The molecule has 0 bridgehead atoms. The van der Waals surface area contributed by atoms with E-state index in [2.05, 4.69) is 5.32 Å². The minimum atomic E-state index is -0.415. The molecule has 1 aromatic heterocycles. The number of amides is 1. The van der Waals surface area contributed by atoms with Crippen LogP contribution in [0.4, 0.5) is 5.00 Å². The van der Waals surface area contributed by atoms with Gasteiger partial charge in [0, 0.05) is 11.5 Å². The van der Waals surface area contributed by atoms with Crippen LogP contribution in [-0.2, 0) is 20.7 Å². The number of nitrogens with one attached hydrogen (secondary N) is 1. The lowest BCUT2D eigenvalue weighted by Crippen LogP contribution is -2.27. The third kappa shape index (κ3) is 3.67. The van der Waals surface area contributed by atoms with Crippen molar-refractivity contribution in [3.8, 4) is 0 Å². The topological polar surface area (TPSA) is 64.6 Å². The number of carbonyl (C=O) groups excluding carboxylic acids is 2. The quantitative estimate of drug-likeness (QED) is 0.844. The van der Waals surface area contributed by atoms with Crippen LogP contribution in [0.5, 0.6) is 0 Å². The zero-order valence-electron chi connectivity index (χ0n) is 13.5. The lowest BCUT2D eigenvalue weighted by Gasteiger charge is -2.13. The van der Waals surface area contributed by atoms with Crippen LogP contribution in [0.3, 0.4) is 0 Å². The molecule has 1 aliphatic rings. The van der Waals surface area contributed by atoms with E-state index in [1.54, 1.807) is 0 Å². The predicted molar refractivity (Wildman–Crippen MR) is 86.6 cm³/mol. The van der Waals surface area contributed by atoms with E-state index < -0.39 is 6.10 Å². The molecule has 2 heterocycles. The maximum atomic E-state index is 12.4. The van der Waals surface area contributed by atoms with Crippen LogP contribution in [0.1, 0.15) is 54.4 Å². The first-order chi connectivity index (χ1) is 10.4. The van der Waals surface area contributed by atoms with Crippen molar-refractivity contribution in [1.29, 1.82) is 0 Å². The van der Waals surface area contributed by atoms with Gasteiger partial charge in [-0.25, -0.2) is 4.79 Å². The van der Waals surface area contributed by atoms with Gasteiger partial charge in [0.1, 0.15) is 11.1 Å². The number of anilines is 1. The van der Waals surface area contributed by atoms with Crippen LogP contribution in [0.15, 0.2) is 0 Å². The summed E-state index contributed by atoms with van der Waals surface area (Å²) in [6.45, 7) is 8.19. The van der Waals surface area contributed by atoms with Crippen molar-refractivity contribution in [2.24, 2.45) is 0 Å². The summed E-state index contributed by atoms with van der Waals surface area (Å²) in [4.78, 5) is 25.6. The van der Waals surface area contributed by atoms with Crippen molar-refractivity contribution in [2.45, 2.75) is 59.2 Å². The number of aryl methyl sites for hydroxylation is 1. The minimum Gasteiger partial charge on any atom is -0.459 e. The van der Waals surface area contributed by atoms with E-state index in [9.17, 15) is 9.59 Å². The molecule has 0 saturated carbocycles. The van der Waals surface area contributed by atoms with Gasteiger partial charge in [-0.05, 0) is 45.6 Å². The Morgan fingerprint density at radius 3 is 2.73 bits per heavy atom. The number of esters is 1. The van der Waals surface area contributed by atoms with Gasteiger partial charge in [0.2, 0.25) is 0 Å². The van der Waals surface area contributed by atoms with Crippen molar-refractivity contribution in [1.82, 2.24) is 0 Å². The lowest BCUT2D eigenvalue weighted by molar-refractivity contribution is -0.124. The van der Waals surface area contributed by atoms with Crippen LogP contribution in [-0.4, -0.2) is 30.7 Å². The fraction of sp³-hybridized carbons (Fsp3) is 0.625. The molecule has 122 valence electrons. The highest BCUT2D eigenvalue weighted by atomic mass is 32.1. The van der Waals surface area contributed by atoms with E-state index in [0.717, 1.165) is 29.7 Å². The summed E-state index contributed by atoms with van der Waals surface area (Å²) in [5.41, 5.74) is 1.43. The van der Waals surface area contributed by atoms with E-state index >= 15 is 0 Å². The highest BCUT2D eigenvalue weighted by Crippen LogP contribution is 2.34. The second-order valence-electron chi connectivity index (χ2n) is 5.64. The van der Waals surface area contributed by atoms with Crippen molar-refractivity contribution in [2.75, 3.05) is 11.9 Å². The van der Waals surface area contributed by atoms with E-state index in [-0.39, 0.29) is 18.0 Å². The average molecular weight is 325 g/mol. The molecule has 1 saturated heterocycles. The Bertz CT molecular complexity index is 559. The third-order valence-corrected chi connectivity index (χ3v) is 4.63. The summed E-state index contributed by atoms with van der Waals surface area (Å²) in [6, 6.07) is 0. The van der Waals surface area contributed by atoms with Gasteiger partial charge >= 0.3 is 5.97 Å². The van der Waals surface area contributed by atoms with Gasteiger partial charge in [-0.1, -0.05) is 6.92 Å². The van der Waals surface area contributed by atoms with Crippen LogP contribution in [0.2, 0.25) is 0 Å². The Hall–Kier alpha value is -1.40. The molecule has 6 heteroatoms. The molecule has 0 aliphatic carbocycles. The summed E-state index contributed by atoms with van der Waals surface area (Å²) in [7, 11) is 0. The SMILES string of the molecule is CCc1c(C)sc(NC(=O)C2CCCO2)c1C(=O)OC(C)C. The van der Waals surface area contributed by atoms with E-state index in [1.807, 2.05) is 27.7 Å². The van der Waals surface area contributed by atoms with E-state index in [4.69, 9.17) is 9.47 Å². The van der Waals surface area contributed by atoms with E-state index in [1.165, 1.54) is 11.3 Å². The van der Waals surface area contributed by atoms with Crippen LogP contribution in [0.25, 0.3) is 0 Å². The Balaban J connectivity index is 2.26. The molecule has 22 heavy (non-hydrogen) atoms. The molecule has 0 spiro atoms. The van der Waals surface area contributed by atoms with Gasteiger partial charge in [0.05, 0.1) is 11.7 Å². The molecule has 5 nitrogen and oxygen atoms in total. The highest BCUT2D eigenvalue weighted by molar-refractivity contribution is 7.16. The summed E-state index contributed by atoms with van der Waals surface area (Å²) in [5, 5.41) is 3.43. The number of thiophene rings is 1.